The summed E-state index contributed by atoms with van der Waals surface area (Å²) in [6, 6.07) is 5.30. The first-order chi connectivity index (χ1) is 11.3. The molecule has 0 aromatic carbocycles. The van der Waals surface area contributed by atoms with E-state index in [9.17, 15) is 9.59 Å². The molecule has 7 heteroatoms. The molecule has 7 nitrogen and oxygen atoms in total. The minimum absolute atomic E-state index is 0.0560. The Hall–Kier alpha value is -2.57. The first-order valence-corrected chi connectivity index (χ1v) is 7.91. The number of aromatic nitrogens is 1. The van der Waals surface area contributed by atoms with Crippen molar-refractivity contribution in [3.05, 3.63) is 35.9 Å². The number of carbonyl (C=O) groups excluding carboxylic acids is 2. The fraction of sp³-hybridized carbons (Fsp3) is 0.471. The summed E-state index contributed by atoms with van der Waals surface area (Å²) in [6.07, 6.45) is 1.75. The maximum absolute atomic E-state index is 12.4. The maximum atomic E-state index is 12.4. The molecule has 3 rings (SSSR count). The Morgan fingerprint density at radius 1 is 1.46 bits per heavy atom. The summed E-state index contributed by atoms with van der Waals surface area (Å²) in [4.78, 5) is 26.1. The number of nitrogens with one attached hydrogen (secondary N) is 1. The zero-order chi connectivity index (χ0) is 17.3. The Kier molecular flexibility index (Phi) is 4.17. The lowest BCUT2D eigenvalue weighted by molar-refractivity contribution is -0.128. The second kappa shape index (κ2) is 6.14. The smallest absolute Gasteiger partial charge is 0.232 e. The van der Waals surface area contributed by atoms with Gasteiger partial charge in [0.1, 0.15) is 5.76 Å². The van der Waals surface area contributed by atoms with Gasteiger partial charge in [0.15, 0.2) is 0 Å². The van der Waals surface area contributed by atoms with Crippen molar-refractivity contribution in [2.24, 2.45) is 5.92 Å². The molecule has 0 unspecified atom stereocenters. The highest BCUT2D eigenvalue weighted by Crippen LogP contribution is 2.25. The number of furan rings is 1. The molecule has 1 saturated heterocycles. The van der Waals surface area contributed by atoms with Crippen LogP contribution in [-0.4, -0.2) is 28.4 Å². The molecule has 2 aromatic rings. The highest BCUT2D eigenvalue weighted by Gasteiger charge is 2.35. The highest BCUT2D eigenvalue weighted by molar-refractivity contribution is 5.96. The van der Waals surface area contributed by atoms with Gasteiger partial charge in [-0.2, -0.15) is 0 Å². The lowest BCUT2D eigenvalue weighted by Gasteiger charge is -2.14. The van der Waals surface area contributed by atoms with Gasteiger partial charge in [-0.3, -0.25) is 14.9 Å². The molecule has 2 amide bonds. The molecule has 128 valence electrons. The van der Waals surface area contributed by atoms with Gasteiger partial charge in [0, 0.05) is 24.4 Å². The molecule has 0 radical (unpaired) electrons. The standard InChI is InChI=1S/C17H21N3O4/c1-17(2,3)13-8-14(24-19-13)18-16(22)11-7-15(21)20(9-11)10-12-5-4-6-23-12/h4-6,8,11H,7,9-10H2,1-3H3,(H,18,22)/t11-/m0/s1. The van der Waals surface area contributed by atoms with Crippen LogP contribution in [0.1, 0.15) is 38.6 Å². The molecule has 0 aliphatic carbocycles. The van der Waals surface area contributed by atoms with Crippen molar-refractivity contribution in [3.63, 3.8) is 0 Å². The largest absolute Gasteiger partial charge is 0.467 e. The molecule has 0 saturated carbocycles. The van der Waals surface area contributed by atoms with Crippen molar-refractivity contribution in [1.82, 2.24) is 10.1 Å². The molecule has 0 spiro atoms. The Balaban J connectivity index is 1.60. The monoisotopic (exact) mass is 331 g/mol. The van der Waals surface area contributed by atoms with E-state index in [0.717, 1.165) is 5.69 Å². The molecular formula is C17H21N3O4. The van der Waals surface area contributed by atoms with Crippen LogP contribution in [0.2, 0.25) is 0 Å². The molecule has 3 heterocycles. The van der Waals surface area contributed by atoms with E-state index in [1.54, 1.807) is 23.3 Å². The fourth-order valence-electron chi connectivity index (χ4n) is 2.60. The topological polar surface area (TPSA) is 88.6 Å². The summed E-state index contributed by atoms with van der Waals surface area (Å²) in [5.74, 6) is 0.313. The molecular weight excluding hydrogens is 310 g/mol. The third kappa shape index (κ3) is 3.50. The van der Waals surface area contributed by atoms with Crippen LogP contribution >= 0.6 is 0 Å². The number of likely N-dealkylation sites (tertiary alicyclic amines) is 1. The maximum Gasteiger partial charge on any atom is 0.232 e. The van der Waals surface area contributed by atoms with Gasteiger partial charge >= 0.3 is 0 Å². The van der Waals surface area contributed by atoms with Crippen molar-refractivity contribution in [2.75, 3.05) is 11.9 Å². The number of hydrogen-bond acceptors (Lipinski definition) is 5. The van der Waals surface area contributed by atoms with E-state index in [0.29, 0.717) is 24.7 Å². The summed E-state index contributed by atoms with van der Waals surface area (Å²) in [7, 11) is 0. The van der Waals surface area contributed by atoms with E-state index in [1.165, 1.54) is 0 Å². The average molecular weight is 331 g/mol. The minimum Gasteiger partial charge on any atom is -0.467 e. The van der Waals surface area contributed by atoms with Crippen LogP contribution in [0.15, 0.2) is 33.4 Å². The molecule has 24 heavy (non-hydrogen) atoms. The van der Waals surface area contributed by atoms with Gasteiger partial charge in [-0.15, -0.1) is 0 Å². The van der Waals surface area contributed by atoms with Gasteiger partial charge in [-0.25, -0.2) is 0 Å². The van der Waals surface area contributed by atoms with E-state index < -0.39 is 5.92 Å². The fourth-order valence-corrected chi connectivity index (χ4v) is 2.60. The van der Waals surface area contributed by atoms with Gasteiger partial charge < -0.3 is 13.8 Å². The van der Waals surface area contributed by atoms with Crippen molar-refractivity contribution >= 4 is 17.7 Å². The van der Waals surface area contributed by atoms with Crippen LogP contribution in [0.4, 0.5) is 5.88 Å². The number of amides is 2. The average Bonchev–Trinajstić information content (AvgIpc) is 3.21. The van der Waals surface area contributed by atoms with E-state index in [-0.39, 0.29) is 23.7 Å². The zero-order valence-electron chi connectivity index (χ0n) is 14.0. The first kappa shape index (κ1) is 16.3. The van der Waals surface area contributed by atoms with Gasteiger partial charge in [0.2, 0.25) is 17.7 Å². The molecule has 1 aliphatic heterocycles. The molecule has 1 N–H and O–H groups in total. The number of hydrogen-bond donors (Lipinski definition) is 1. The summed E-state index contributed by atoms with van der Waals surface area (Å²) >= 11 is 0. The third-order valence-corrected chi connectivity index (χ3v) is 4.04. The van der Waals surface area contributed by atoms with Gasteiger partial charge in [0.05, 0.1) is 24.4 Å². The van der Waals surface area contributed by atoms with Crippen LogP contribution in [0.25, 0.3) is 0 Å². The van der Waals surface area contributed by atoms with Crippen LogP contribution in [0.5, 0.6) is 0 Å². The minimum atomic E-state index is -0.407. The molecule has 2 aromatic heterocycles. The van der Waals surface area contributed by atoms with Crippen molar-refractivity contribution in [2.45, 2.75) is 39.2 Å². The van der Waals surface area contributed by atoms with Crippen LogP contribution in [0, 0.1) is 5.92 Å². The Labute approximate surface area is 140 Å². The number of anilines is 1. The zero-order valence-corrected chi connectivity index (χ0v) is 14.0. The second-order valence-electron chi connectivity index (χ2n) is 7.07. The van der Waals surface area contributed by atoms with Crippen LogP contribution in [0.3, 0.4) is 0 Å². The number of nitrogens with zero attached hydrogens (tertiary/aromatic N) is 2. The second-order valence-corrected chi connectivity index (χ2v) is 7.07. The van der Waals surface area contributed by atoms with Crippen molar-refractivity contribution in [1.29, 1.82) is 0 Å². The van der Waals surface area contributed by atoms with Gasteiger partial charge in [-0.05, 0) is 12.1 Å². The van der Waals surface area contributed by atoms with Gasteiger partial charge in [-0.1, -0.05) is 25.9 Å². The lowest BCUT2D eigenvalue weighted by Crippen LogP contribution is -2.27. The number of rotatable bonds is 4. The summed E-state index contributed by atoms with van der Waals surface area (Å²) in [5.41, 5.74) is 0.607. The Bertz CT molecular complexity index is 727. The lowest BCUT2D eigenvalue weighted by atomic mass is 9.92. The molecule has 1 aliphatic rings. The SMILES string of the molecule is CC(C)(C)c1cc(NC(=O)[C@H]2CC(=O)N(Cc3ccco3)C2)on1. The van der Waals surface area contributed by atoms with E-state index in [1.807, 2.05) is 26.8 Å². The van der Waals surface area contributed by atoms with Crippen molar-refractivity contribution < 1.29 is 18.5 Å². The van der Waals surface area contributed by atoms with E-state index in [4.69, 9.17) is 8.94 Å². The Morgan fingerprint density at radius 2 is 2.25 bits per heavy atom. The van der Waals surface area contributed by atoms with Crippen molar-refractivity contribution in [3.8, 4) is 0 Å². The first-order valence-electron chi connectivity index (χ1n) is 7.91. The van der Waals surface area contributed by atoms with Crippen LogP contribution < -0.4 is 5.32 Å². The Morgan fingerprint density at radius 3 is 2.88 bits per heavy atom. The quantitative estimate of drug-likeness (QED) is 0.930. The van der Waals surface area contributed by atoms with E-state index in [2.05, 4.69) is 10.5 Å². The molecule has 1 fully saturated rings. The molecule has 0 bridgehead atoms. The third-order valence-electron chi connectivity index (χ3n) is 4.04. The highest BCUT2D eigenvalue weighted by atomic mass is 16.5. The van der Waals surface area contributed by atoms with Crippen LogP contribution in [-0.2, 0) is 21.5 Å². The summed E-state index contributed by atoms with van der Waals surface area (Å²) < 4.78 is 10.4. The predicted octanol–water partition coefficient (Wildman–Crippen LogP) is 2.55. The van der Waals surface area contributed by atoms with Gasteiger partial charge in [0.25, 0.3) is 0 Å². The summed E-state index contributed by atoms with van der Waals surface area (Å²) in [6.45, 7) is 6.79. The number of carbonyl (C=O) groups is 2. The van der Waals surface area contributed by atoms with E-state index >= 15 is 0 Å². The predicted molar refractivity (Wildman–Crippen MR) is 86.1 cm³/mol. The summed E-state index contributed by atoms with van der Waals surface area (Å²) in [5, 5.41) is 6.67. The normalized spacial score (nSPS) is 18.2. The molecule has 1 atom stereocenters.